The summed E-state index contributed by atoms with van der Waals surface area (Å²) in [5.41, 5.74) is 1.26. The van der Waals surface area contributed by atoms with Gasteiger partial charge in [-0.3, -0.25) is 0 Å². The van der Waals surface area contributed by atoms with E-state index in [0.717, 1.165) is 31.9 Å². The highest BCUT2D eigenvalue weighted by Crippen LogP contribution is 2.25. The predicted molar refractivity (Wildman–Crippen MR) is 88.0 cm³/mol. The molecule has 118 valence electrons. The highest BCUT2D eigenvalue weighted by molar-refractivity contribution is 5.36. The number of likely N-dealkylation sites (N-methyl/N-ethyl adjacent to an activating group) is 2. The van der Waals surface area contributed by atoms with Crippen molar-refractivity contribution in [1.29, 1.82) is 0 Å². The SMILES string of the molecule is CCNC(CN1CCCN(C)CC1)c1ccccc1OC. The van der Waals surface area contributed by atoms with Gasteiger partial charge < -0.3 is 19.9 Å². The first-order valence-electron chi connectivity index (χ1n) is 8.01. The van der Waals surface area contributed by atoms with Gasteiger partial charge in [0.1, 0.15) is 5.75 Å². The van der Waals surface area contributed by atoms with Crippen LogP contribution in [0.2, 0.25) is 0 Å². The number of ether oxygens (including phenoxy) is 1. The molecule has 0 saturated carbocycles. The van der Waals surface area contributed by atoms with E-state index in [4.69, 9.17) is 4.74 Å². The lowest BCUT2D eigenvalue weighted by atomic mass is 10.0. The first kappa shape index (κ1) is 16.3. The Kier molecular flexibility index (Phi) is 6.49. The fourth-order valence-corrected chi connectivity index (χ4v) is 3.01. The minimum Gasteiger partial charge on any atom is -0.496 e. The Morgan fingerprint density at radius 1 is 1.19 bits per heavy atom. The number of nitrogens with zero attached hydrogens (tertiary/aromatic N) is 2. The van der Waals surface area contributed by atoms with Gasteiger partial charge in [-0.2, -0.15) is 0 Å². The molecule has 1 aliphatic rings. The third-order valence-corrected chi connectivity index (χ3v) is 4.22. The summed E-state index contributed by atoms with van der Waals surface area (Å²) in [7, 11) is 3.97. The molecule has 0 amide bonds. The molecule has 0 aliphatic carbocycles. The molecule has 0 aromatic heterocycles. The Hall–Kier alpha value is -1.10. The maximum atomic E-state index is 5.54. The molecule has 2 rings (SSSR count). The Bertz CT molecular complexity index is 424. The first-order chi connectivity index (χ1) is 10.2. The molecule has 4 nitrogen and oxygen atoms in total. The van der Waals surface area contributed by atoms with Crippen LogP contribution in [-0.4, -0.2) is 63.2 Å². The number of benzene rings is 1. The number of methoxy groups -OCH3 is 1. The summed E-state index contributed by atoms with van der Waals surface area (Å²) in [5, 5.41) is 3.62. The molecule has 0 radical (unpaired) electrons. The topological polar surface area (TPSA) is 27.7 Å². The lowest BCUT2D eigenvalue weighted by Gasteiger charge is -2.28. The summed E-state index contributed by atoms with van der Waals surface area (Å²) in [6, 6.07) is 8.69. The van der Waals surface area contributed by atoms with Crippen LogP contribution in [0.3, 0.4) is 0 Å². The van der Waals surface area contributed by atoms with E-state index in [9.17, 15) is 0 Å². The molecule has 1 fully saturated rings. The summed E-state index contributed by atoms with van der Waals surface area (Å²) < 4.78 is 5.54. The van der Waals surface area contributed by atoms with E-state index < -0.39 is 0 Å². The lowest BCUT2D eigenvalue weighted by Crippen LogP contribution is -2.37. The van der Waals surface area contributed by atoms with E-state index in [0.29, 0.717) is 6.04 Å². The van der Waals surface area contributed by atoms with Crippen molar-refractivity contribution in [3.63, 3.8) is 0 Å². The second kappa shape index (κ2) is 8.37. The lowest BCUT2D eigenvalue weighted by molar-refractivity contribution is 0.245. The van der Waals surface area contributed by atoms with Gasteiger partial charge >= 0.3 is 0 Å². The van der Waals surface area contributed by atoms with Crippen LogP contribution >= 0.6 is 0 Å². The highest BCUT2D eigenvalue weighted by atomic mass is 16.5. The third kappa shape index (κ3) is 4.70. The molecule has 1 aromatic rings. The smallest absolute Gasteiger partial charge is 0.123 e. The summed E-state index contributed by atoms with van der Waals surface area (Å²) in [4.78, 5) is 4.99. The first-order valence-corrected chi connectivity index (χ1v) is 8.01. The molecule has 21 heavy (non-hydrogen) atoms. The fourth-order valence-electron chi connectivity index (χ4n) is 3.01. The Labute approximate surface area is 129 Å². The van der Waals surface area contributed by atoms with Crippen molar-refractivity contribution in [3.8, 4) is 5.75 Å². The zero-order valence-corrected chi connectivity index (χ0v) is 13.6. The molecular formula is C17H29N3O. The Balaban J connectivity index is 2.07. The zero-order valence-electron chi connectivity index (χ0n) is 13.6. The summed E-state index contributed by atoms with van der Waals surface area (Å²) in [5.74, 6) is 0.982. The maximum Gasteiger partial charge on any atom is 0.123 e. The van der Waals surface area contributed by atoms with Crippen molar-refractivity contribution in [3.05, 3.63) is 29.8 Å². The third-order valence-electron chi connectivity index (χ3n) is 4.22. The molecule has 0 spiro atoms. The van der Waals surface area contributed by atoms with E-state index in [1.165, 1.54) is 25.1 Å². The van der Waals surface area contributed by atoms with Gasteiger partial charge in [0.05, 0.1) is 7.11 Å². The highest BCUT2D eigenvalue weighted by Gasteiger charge is 2.20. The number of hydrogen-bond donors (Lipinski definition) is 1. The van der Waals surface area contributed by atoms with E-state index in [2.05, 4.69) is 47.3 Å². The van der Waals surface area contributed by atoms with Crippen LogP contribution in [0, 0.1) is 0 Å². The van der Waals surface area contributed by atoms with Gasteiger partial charge in [0, 0.05) is 31.2 Å². The number of rotatable bonds is 6. The van der Waals surface area contributed by atoms with Crippen molar-refractivity contribution in [2.45, 2.75) is 19.4 Å². The molecule has 1 aliphatic heterocycles. The van der Waals surface area contributed by atoms with Crippen LogP contribution < -0.4 is 10.1 Å². The van der Waals surface area contributed by atoms with Crippen molar-refractivity contribution < 1.29 is 4.74 Å². The molecule has 0 bridgehead atoms. The van der Waals surface area contributed by atoms with Crippen molar-refractivity contribution >= 4 is 0 Å². The normalized spacial score (nSPS) is 19.2. The Morgan fingerprint density at radius 2 is 2.00 bits per heavy atom. The second-order valence-corrected chi connectivity index (χ2v) is 5.81. The molecule has 1 atom stereocenters. The van der Waals surface area contributed by atoms with Crippen molar-refractivity contribution in [2.75, 3.05) is 53.4 Å². The monoisotopic (exact) mass is 291 g/mol. The zero-order chi connectivity index (χ0) is 15.1. The standard InChI is InChI=1S/C17H29N3O/c1-4-18-16(15-8-5-6-9-17(15)21-3)14-20-11-7-10-19(2)12-13-20/h5-6,8-9,16,18H,4,7,10-14H2,1-3H3. The van der Waals surface area contributed by atoms with Gasteiger partial charge in [-0.1, -0.05) is 25.1 Å². The Morgan fingerprint density at radius 3 is 2.76 bits per heavy atom. The molecule has 1 unspecified atom stereocenters. The number of nitrogens with one attached hydrogen (secondary N) is 1. The van der Waals surface area contributed by atoms with E-state index in [-0.39, 0.29) is 0 Å². The van der Waals surface area contributed by atoms with E-state index in [1.807, 2.05) is 6.07 Å². The summed E-state index contributed by atoms with van der Waals surface area (Å²) in [6.45, 7) is 8.87. The van der Waals surface area contributed by atoms with Gasteiger partial charge in [0.2, 0.25) is 0 Å². The van der Waals surface area contributed by atoms with Gasteiger partial charge in [0.15, 0.2) is 0 Å². The van der Waals surface area contributed by atoms with E-state index in [1.54, 1.807) is 7.11 Å². The van der Waals surface area contributed by atoms with Gasteiger partial charge in [-0.05, 0) is 39.2 Å². The summed E-state index contributed by atoms with van der Waals surface area (Å²) in [6.07, 6.45) is 1.25. The summed E-state index contributed by atoms with van der Waals surface area (Å²) >= 11 is 0. The molecular weight excluding hydrogens is 262 g/mol. The van der Waals surface area contributed by atoms with Gasteiger partial charge in [0.25, 0.3) is 0 Å². The van der Waals surface area contributed by atoms with Crippen molar-refractivity contribution in [2.24, 2.45) is 0 Å². The fraction of sp³-hybridized carbons (Fsp3) is 0.647. The molecule has 4 heteroatoms. The predicted octanol–water partition coefficient (Wildman–Crippen LogP) is 1.98. The van der Waals surface area contributed by atoms with Crippen molar-refractivity contribution in [1.82, 2.24) is 15.1 Å². The van der Waals surface area contributed by atoms with Crippen LogP contribution in [0.25, 0.3) is 0 Å². The number of hydrogen-bond acceptors (Lipinski definition) is 4. The molecule has 1 aromatic carbocycles. The largest absolute Gasteiger partial charge is 0.496 e. The average molecular weight is 291 g/mol. The van der Waals surface area contributed by atoms with Gasteiger partial charge in [-0.15, -0.1) is 0 Å². The van der Waals surface area contributed by atoms with Crippen LogP contribution in [-0.2, 0) is 0 Å². The van der Waals surface area contributed by atoms with Crippen LogP contribution in [0.5, 0.6) is 5.75 Å². The van der Waals surface area contributed by atoms with Crippen LogP contribution in [0.15, 0.2) is 24.3 Å². The minimum atomic E-state index is 0.328. The average Bonchev–Trinajstić information content (AvgIpc) is 2.71. The van der Waals surface area contributed by atoms with Crippen LogP contribution in [0.4, 0.5) is 0 Å². The van der Waals surface area contributed by atoms with Gasteiger partial charge in [-0.25, -0.2) is 0 Å². The van der Waals surface area contributed by atoms with Crippen LogP contribution in [0.1, 0.15) is 24.9 Å². The minimum absolute atomic E-state index is 0.328. The molecule has 1 saturated heterocycles. The quantitative estimate of drug-likeness (QED) is 0.867. The second-order valence-electron chi connectivity index (χ2n) is 5.81. The maximum absolute atomic E-state index is 5.54. The molecule has 1 N–H and O–H groups in total. The molecule has 1 heterocycles. The number of para-hydroxylation sites is 1. The van der Waals surface area contributed by atoms with E-state index >= 15 is 0 Å².